The lowest BCUT2D eigenvalue weighted by Gasteiger charge is -2.27. The van der Waals surface area contributed by atoms with Gasteiger partial charge in [0.2, 0.25) is 11.8 Å². The number of fused-ring (bicyclic) bond motifs is 3. The predicted octanol–water partition coefficient (Wildman–Crippen LogP) is 1.90. The minimum absolute atomic E-state index is 0.0250. The first-order chi connectivity index (χ1) is 21.7. The van der Waals surface area contributed by atoms with Crippen LogP contribution in [0.1, 0.15) is 61.0 Å². The lowest BCUT2D eigenvalue weighted by Crippen LogP contribution is -2.49. The first-order valence-electron chi connectivity index (χ1n) is 15.1. The Balaban J connectivity index is 0.000000219. The van der Waals surface area contributed by atoms with Gasteiger partial charge in [-0.3, -0.25) is 33.3 Å². The molecule has 14 heteroatoms. The molecule has 0 unspecified atom stereocenters. The van der Waals surface area contributed by atoms with Gasteiger partial charge in [-0.2, -0.15) is 10.2 Å². The third-order valence-electron chi connectivity index (χ3n) is 8.22. The number of piperidine rings is 1. The summed E-state index contributed by atoms with van der Waals surface area (Å²) < 4.78 is 2.76. The van der Waals surface area contributed by atoms with E-state index in [1.165, 1.54) is 9.36 Å². The molecule has 0 spiro atoms. The summed E-state index contributed by atoms with van der Waals surface area (Å²) in [5.74, 6) is -2.15. The summed E-state index contributed by atoms with van der Waals surface area (Å²) in [7, 11) is 0. The van der Waals surface area contributed by atoms with E-state index in [2.05, 4.69) is 36.3 Å². The van der Waals surface area contributed by atoms with Crippen LogP contribution in [0.4, 0.5) is 0 Å². The van der Waals surface area contributed by atoms with E-state index in [9.17, 15) is 24.0 Å². The first-order valence-corrected chi connectivity index (χ1v) is 15.1. The van der Waals surface area contributed by atoms with Crippen LogP contribution in [-0.2, 0) is 27.5 Å². The fourth-order valence-corrected chi connectivity index (χ4v) is 5.93. The van der Waals surface area contributed by atoms with Gasteiger partial charge in [-0.15, -0.1) is 0 Å². The van der Waals surface area contributed by atoms with E-state index in [0.717, 1.165) is 12.8 Å². The van der Waals surface area contributed by atoms with Crippen molar-refractivity contribution >= 4 is 51.4 Å². The third-order valence-corrected chi connectivity index (χ3v) is 8.22. The number of nitrogens with two attached hydrogens (primary N) is 2. The number of rotatable bonds is 9. The number of amides is 4. The maximum Gasteiger partial charge on any atom is 0.325 e. The number of aliphatic carboxylic acids is 1. The van der Waals surface area contributed by atoms with Crippen LogP contribution in [0.2, 0.25) is 0 Å². The topological polar surface area (TPSA) is 209 Å². The molecule has 2 aromatic carbocycles. The summed E-state index contributed by atoms with van der Waals surface area (Å²) in [5, 5.41) is 21.1. The molecule has 2 fully saturated rings. The molecule has 0 radical (unpaired) electrons. The maximum atomic E-state index is 13.2. The SMILES string of the molecule is CC(C)(C)CCNC(=O)[C@@H]1C[C@H]2C[C@H]2N1C(=O)Cn1nc(C(N)=O)c2ccccc21.NC(=O)c1nn(CC(=O)O)c2ccccc12. The Morgan fingerprint density at radius 2 is 1.37 bits per heavy atom. The van der Waals surface area contributed by atoms with Gasteiger partial charge in [-0.25, -0.2) is 0 Å². The molecular formula is C32H38N8O6. The number of carboxylic acid groups (broad SMARTS) is 1. The number of nitrogens with one attached hydrogen (secondary N) is 1. The minimum atomic E-state index is -1.02. The molecule has 1 saturated carbocycles. The van der Waals surface area contributed by atoms with Crippen molar-refractivity contribution in [2.24, 2.45) is 22.8 Å². The Morgan fingerprint density at radius 1 is 0.848 bits per heavy atom. The van der Waals surface area contributed by atoms with Crippen molar-refractivity contribution in [3.05, 3.63) is 59.9 Å². The molecule has 242 valence electrons. The van der Waals surface area contributed by atoms with Gasteiger partial charge in [0.15, 0.2) is 11.4 Å². The van der Waals surface area contributed by atoms with Crippen LogP contribution in [0.3, 0.4) is 0 Å². The summed E-state index contributed by atoms with van der Waals surface area (Å²) in [5.41, 5.74) is 12.3. The third kappa shape index (κ3) is 6.85. The van der Waals surface area contributed by atoms with Gasteiger partial charge >= 0.3 is 5.97 Å². The maximum absolute atomic E-state index is 13.2. The highest BCUT2D eigenvalue weighted by molar-refractivity contribution is 6.05. The molecule has 6 rings (SSSR count). The average molecular weight is 631 g/mol. The van der Waals surface area contributed by atoms with Gasteiger partial charge in [0.1, 0.15) is 19.1 Å². The Bertz CT molecular complexity index is 1840. The summed E-state index contributed by atoms with van der Waals surface area (Å²) in [6, 6.07) is 13.8. The second kappa shape index (κ2) is 12.6. The van der Waals surface area contributed by atoms with Crippen molar-refractivity contribution in [2.75, 3.05) is 6.54 Å². The number of likely N-dealkylation sites (tertiary alicyclic amines) is 1. The average Bonchev–Trinajstić information content (AvgIpc) is 3.31. The van der Waals surface area contributed by atoms with Gasteiger partial charge < -0.3 is 26.8 Å². The number of hydrogen-bond acceptors (Lipinski definition) is 7. The summed E-state index contributed by atoms with van der Waals surface area (Å²) >= 11 is 0. The van der Waals surface area contributed by atoms with Gasteiger partial charge in [-0.05, 0) is 42.7 Å². The number of benzene rings is 2. The zero-order valence-electron chi connectivity index (χ0n) is 26.0. The van der Waals surface area contributed by atoms with Crippen LogP contribution < -0.4 is 16.8 Å². The van der Waals surface area contributed by atoms with E-state index in [1.807, 2.05) is 12.1 Å². The van der Waals surface area contributed by atoms with Crippen molar-refractivity contribution in [3.8, 4) is 0 Å². The molecule has 3 atom stereocenters. The fourth-order valence-electron chi connectivity index (χ4n) is 5.93. The normalized spacial score (nSPS) is 18.5. The van der Waals surface area contributed by atoms with Gasteiger partial charge in [0.25, 0.3) is 11.8 Å². The summed E-state index contributed by atoms with van der Waals surface area (Å²) in [6.45, 7) is 6.68. The van der Waals surface area contributed by atoms with E-state index >= 15 is 0 Å². The molecule has 46 heavy (non-hydrogen) atoms. The number of para-hydroxylation sites is 2. The van der Waals surface area contributed by atoms with E-state index in [4.69, 9.17) is 16.6 Å². The highest BCUT2D eigenvalue weighted by Crippen LogP contribution is 2.48. The van der Waals surface area contributed by atoms with Crippen LogP contribution in [0.25, 0.3) is 21.8 Å². The summed E-state index contributed by atoms with van der Waals surface area (Å²) in [6.07, 6.45) is 2.54. The van der Waals surface area contributed by atoms with Gasteiger partial charge in [-0.1, -0.05) is 57.2 Å². The number of hydrogen-bond donors (Lipinski definition) is 4. The molecule has 1 aliphatic heterocycles. The van der Waals surface area contributed by atoms with E-state index in [-0.39, 0.29) is 47.7 Å². The number of aromatic nitrogens is 4. The Labute approximate surface area is 264 Å². The van der Waals surface area contributed by atoms with Crippen LogP contribution in [0.15, 0.2) is 48.5 Å². The highest BCUT2D eigenvalue weighted by Gasteiger charge is 2.56. The molecule has 4 amide bonds. The molecule has 2 aromatic heterocycles. The fraction of sp³-hybridized carbons (Fsp3) is 0.406. The second-order valence-corrected chi connectivity index (χ2v) is 12.9. The lowest BCUT2D eigenvalue weighted by atomic mass is 9.92. The number of carbonyl (C=O) groups excluding carboxylic acids is 4. The first kappa shape index (κ1) is 32.1. The standard InChI is InChI=1S/C22H29N5O3.C10H9N3O3/c1-22(2,3)8-9-24-21(30)17-11-13-10-16(13)27(17)18(28)12-26-15-7-5-4-6-14(15)19(25-26)20(23)29;11-10(16)9-6-3-1-2-4-7(6)13(12-9)5-8(14)15/h4-7,13,16-17H,8-12H2,1-3H3,(H2,23,29)(H,24,30);1-4H,5H2,(H2,11,16)(H,14,15)/t13-,16-,17+;/m1./s1. The lowest BCUT2D eigenvalue weighted by molar-refractivity contribution is -0.140. The molecule has 2 aliphatic rings. The molecule has 6 N–H and O–H groups in total. The van der Waals surface area contributed by atoms with Gasteiger partial charge in [0, 0.05) is 23.4 Å². The molecule has 14 nitrogen and oxygen atoms in total. The second-order valence-electron chi connectivity index (χ2n) is 12.9. The van der Waals surface area contributed by atoms with Crippen molar-refractivity contribution in [1.29, 1.82) is 0 Å². The number of carboxylic acids is 1. The molecule has 1 saturated heterocycles. The smallest absolute Gasteiger partial charge is 0.325 e. The van der Waals surface area contributed by atoms with Crippen molar-refractivity contribution in [1.82, 2.24) is 29.8 Å². The zero-order valence-corrected chi connectivity index (χ0v) is 26.0. The van der Waals surface area contributed by atoms with Crippen molar-refractivity contribution in [3.63, 3.8) is 0 Å². The molecule has 1 aliphatic carbocycles. The van der Waals surface area contributed by atoms with E-state index in [0.29, 0.717) is 40.7 Å². The highest BCUT2D eigenvalue weighted by atomic mass is 16.4. The monoisotopic (exact) mass is 630 g/mol. The van der Waals surface area contributed by atoms with Crippen LogP contribution in [0, 0.1) is 11.3 Å². The van der Waals surface area contributed by atoms with Crippen LogP contribution >= 0.6 is 0 Å². The predicted molar refractivity (Wildman–Crippen MR) is 168 cm³/mol. The largest absolute Gasteiger partial charge is 0.480 e. The molecular weight excluding hydrogens is 592 g/mol. The Morgan fingerprint density at radius 3 is 1.87 bits per heavy atom. The van der Waals surface area contributed by atoms with Crippen molar-refractivity contribution in [2.45, 2.75) is 65.2 Å². The molecule has 4 aromatic rings. The number of nitrogens with zero attached hydrogens (tertiary/aromatic N) is 5. The van der Waals surface area contributed by atoms with E-state index < -0.39 is 23.8 Å². The number of carbonyl (C=O) groups is 5. The molecule has 0 bridgehead atoms. The Hall–Kier alpha value is -5.27. The minimum Gasteiger partial charge on any atom is -0.480 e. The van der Waals surface area contributed by atoms with Gasteiger partial charge in [0.05, 0.1) is 11.0 Å². The van der Waals surface area contributed by atoms with Crippen molar-refractivity contribution < 1.29 is 29.1 Å². The zero-order chi connectivity index (χ0) is 33.3. The number of primary amides is 2. The van der Waals surface area contributed by atoms with Crippen LogP contribution in [0.5, 0.6) is 0 Å². The summed E-state index contributed by atoms with van der Waals surface area (Å²) in [4.78, 5) is 61.2. The molecule has 3 heterocycles. The van der Waals surface area contributed by atoms with E-state index in [1.54, 1.807) is 41.3 Å². The quantitative estimate of drug-likeness (QED) is 0.214. The Kier molecular flexibility index (Phi) is 8.81. The van der Waals surface area contributed by atoms with Crippen LogP contribution in [-0.4, -0.2) is 77.8 Å².